The molecule has 4 nitrogen and oxygen atoms in total. The number of nitrogen functional groups attached to an aromatic ring is 1. The summed E-state index contributed by atoms with van der Waals surface area (Å²) in [5.74, 6) is -0.786. The number of carbonyl (C=O) groups excluding carboxylic acids is 1. The fourth-order valence-electron chi connectivity index (χ4n) is 2.45. The van der Waals surface area contributed by atoms with Gasteiger partial charge in [-0.15, -0.1) is 11.3 Å². The Balaban J connectivity index is 2.24. The summed E-state index contributed by atoms with van der Waals surface area (Å²) in [7, 11) is 0. The van der Waals surface area contributed by atoms with Gasteiger partial charge in [0.25, 0.3) is 0 Å². The van der Waals surface area contributed by atoms with E-state index in [2.05, 4.69) is 4.98 Å². The van der Waals surface area contributed by atoms with Crippen LogP contribution in [-0.2, 0) is 4.74 Å². The molecule has 0 aliphatic carbocycles. The van der Waals surface area contributed by atoms with Crippen molar-refractivity contribution in [3.8, 4) is 21.6 Å². The molecule has 0 spiro atoms. The fourth-order valence-corrected chi connectivity index (χ4v) is 3.54. The van der Waals surface area contributed by atoms with Crippen LogP contribution >= 0.6 is 11.3 Å². The summed E-state index contributed by atoms with van der Waals surface area (Å²) in [6, 6.07) is 9.70. The van der Waals surface area contributed by atoms with Gasteiger partial charge in [-0.05, 0) is 42.3 Å². The number of aromatic nitrogens is 1. The number of benzene rings is 1. The van der Waals surface area contributed by atoms with E-state index in [4.69, 9.17) is 10.5 Å². The Morgan fingerprint density at radius 3 is 2.46 bits per heavy atom. The molecule has 24 heavy (non-hydrogen) atoms. The van der Waals surface area contributed by atoms with Gasteiger partial charge in [-0.3, -0.25) is 4.98 Å². The maximum absolute atomic E-state index is 13.2. The van der Waals surface area contributed by atoms with Crippen molar-refractivity contribution in [1.82, 2.24) is 4.98 Å². The van der Waals surface area contributed by atoms with Crippen molar-refractivity contribution in [1.29, 1.82) is 0 Å². The van der Waals surface area contributed by atoms with E-state index in [1.54, 1.807) is 43.6 Å². The molecule has 122 valence electrons. The Labute approximate surface area is 142 Å². The third-order valence-electron chi connectivity index (χ3n) is 3.49. The first-order chi connectivity index (χ1) is 11.6. The van der Waals surface area contributed by atoms with Crippen LogP contribution in [0.25, 0.3) is 21.6 Å². The van der Waals surface area contributed by atoms with Crippen molar-refractivity contribution in [3.05, 3.63) is 60.2 Å². The lowest BCUT2D eigenvalue weighted by Crippen LogP contribution is -2.07. The van der Waals surface area contributed by atoms with Crippen molar-refractivity contribution in [2.75, 3.05) is 12.3 Å². The topological polar surface area (TPSA) is 65.2 Å². The summed E-state index contributed by atoms with van der Waals surface area (Å²) < 4.78 is 18.4. The zero-order chi connectivity index (χ0) is 17.1. The molecule has 0 atom stereocenters. The van der Waals surface area contributed by atoms with E-state index in [0.29, 0.717) is 16.1 Å². The largest absolute Gasteiger partial charge is 0.462 e. The zero-order valence-electron chi connectivity index (χ0n) is 13.0. The Bertz CT molecular complexity index is 861. The first kappa shape index (κ1) is 16.1. The number of rotatable bonds is 4. The van der Waals surface area contributed by atoms with Gasteiger partial charge >= 0.3 is 5.97 Å². The normalized spacial score (nSPS) is 10.6. The quantitative estimate of drug-likeness (QED) is 0.715. The smallest absolute Gasteiger partial charge is 0.341 e. The highest BCUT2D eigenvalue weighted by atomic mass is 32.1. The van der Waals surface area contributed by atoms with E-state index in [9.17, 15) is 9.18 Å². The highest BCUT2D eigenvalue weighted by Gasteiger charge is 2.25. The molecule has 2 N–H and O–H groups in total. The lowest BCUT2D eigenvalue weighted by atomic mass is 9.99. The Morgan fingerprint density at radius 1 is 1.17 bits per heavy atom. The minimum Gasteiger partial charge on any atom is -0.462 e. The SMILES string of the molecule is CCOC(=O)c1c(N)sc(-c2ccc(F)cc2)c1-c1ccncc1. The van der Waals surface area contributed by atoms with Gasteiger partial charge in [-0.1, -0.05) is 12.1 Å². The number of hydrogen-bond donors (Lipinski definition) is 1. The number of carbonyl (C=O) groups is 1. The molecule has 0 amide bonds. The van der Waals surface area contributed by atoms with E-state index in [1.807, 2.05) is 0 Å². The van der Waals surface area contributed by atoms with Gasteiger partial charge in [0.2, 0.25) is 0 Å². The minimum absolute atomic E-state index is 0.260. The standard InChI is InChI=1S/C18H15FN2O2S/c1-2-23-18(22)15-14(11-7-9-21-10-8-11)16(24-17(15)20)12-3-5-13(19)6-4-12/h3-10H,2,20H2,1H3. The van der Waals surface area contributed by atoms with Crippen LogP contribution in [0.1, 0.15) is 17.3 Å². The number of thiophene rings is 1. The van der Waals surface area contributed by atoms with E-state index < -0.39 is 5.97 Å². The molecular formula is C18H15FN2O2S. The second kappa shape index (κ2) is 6.80. The van der Waals surface area contributed by atoms with Gasteiger partial charge in [-0.2, -0.15) is 0 Å². The molecule has 0 saturated heterocycles. The molecular weight excluding hydrogens is 327 g/mol. The van der Waals surface area contributed by atoms with Crippen LogP contribution in [0.2, 0.25) is 0 Å². The number of anilines is 1. The highest BCUT2D eigenvalue weighted by Crippen LogP contribution is 2.44. The molecule has 2 aromatic heterocycles. The van der Waals surface area contributed by atoms with E-state index in [1.165, 1.54) is 23.5 Å². The maximum Gasteiger partial charge on any atom is 0.341 e. The summed E-state index contributed by atoms with van der Waals surface area (Å²) in [5, 5.41) is 0.375. The van der Waals surface area contributed by atoms with Crippen LogP contribution in [-0.4, -0.2) is 17.6 Å². The number of nitrogens with two attached hydrogens (primary N) is 1. The molecule has 0 bridgehead atoms. The lowest BCUT2D eigenvalue weighted by Gasteiger charge is -2.08. The molecule has 6 heteroatoms. The van der Waals surface area contributed by atoms with Crippen LogP contribution in [0.15, 0.2) is 48.8 Å². The Kier molecular flexibility index (Phi) is 4.57. The Morgan fingerprint density at radius 2 is 1.83 bits per heavy atom. The third-order valence-corrected chi connectivity index (χ3v) is 4.56. The summed E-state index contributed by atoms with van der Waals surface area (Å²) in [6.45, 7) is 2.00. The summed E-state index contributed by atoms with van der Waals surface area (Å²) in [6.07, 6.45) is 3.29. The monoisotopic (exact) mass is 342 g/mol. The second-order valence-electron chi connectivity index (χ2n) is 5.01. The fraction of sp³-hybridized carbons (Fsp3) is 0.111. The lowest BCUT2D eigenvalue weighted by molar-refractivity contribution is 0.0529. The molecule has 0 aliphatic heterocycles. The van der Waals surface area contributed by atoms with Crippen LogP contribution in [0.4, 0.5) is 9.39 Å². The predicted molar refractivity (Wildman–Crippen MR) is 93.3 cm³/mol. The van der Waals surface area contributed by atoms with Gasteiger partial charge in [0.05, 0.1) is 6.61 Å². The first-order valence-corrected chi connectivity index (χ1v) is 8.19. The molecule has 0 fully saturated rings. The van der Waals surface area contributed by atoms with Crippen LogP contribution in [0.5, 0.6) is 0 Å². The van der Waals surface area contributed by atoms with Crippen molar-refractivity contribution in [3.63, 3.8) is 0 Å². The molecule has 0 radical (unpaired) electrons. The summed E-state index contributed by atoms with van der Waals surface area (Å²) in [4.78, 5) is 17.2. The average Bonchev–Trinajstić information content (AvgIpc) is 2.94. The predicted octanol–water partition coefficient (Wildman–Crippen LogP) is 4.38. The van der Waals surface area contributed by atoms with Crippen LogP contribution in [0, 0.1) is 5.82 Å². The van der Waals surface area contributed by atoms with Crippen molar-refractivity contribution in [2.24, 2.45) is 0 Å². The zero-order valence-corrected chi connectivity index (χ0v) is 13.8. The maximum atomic E-state index is 13.2. The number of halogens is 1. The first-order valence-electron chi connectivity index (χ1n) is 7.37. The van der Waals surface area contributed by atoms with E-state index >= 15 is 0 Å². The van der Waals surface area contributed by atoms with E-state index in [0.717, 1.165) is 16.0 Å². The highest BCUT2D eigenvalue weighted by molar-refractivity contribution is 7.20. The van der Waals surface area contributed by atoms with Crippen molar-refractivity contribution < 1.29 is 13.9 Å². The van der Waals surface area contributed by atoms with Gasteiger partial charge in [-0.25, -0.2) is 9.18 Å². The summed E-state index contributed by atoms with van der Waals surface area (Å²) >= 11 is 1.28. The number of pyridine rings is 1. The average molecular weight is 342 g/mol. The molecule has 3 aromatic rings. The number of nitrogens with zero attached hydrogens (tertiary/aromatic N) is 1. The molecule has 3 rings (SSSR count). The molecule has 0 aliphatic rings. The molecule has 2 heterocycles. The minimum atomic E-state index is -0.466. The van der Waals surface area contributed by atoms with Gasteiger partial charge in [0.1, 0.15) is 16.4 Å². The van der Waals surface area contributed by atoms with Crippen LogP contribution in [0.3, 0.4) is 0 Å². The van der Waals surface area contributed by atoms with Crippen molar-refractivity contribution in [2.45, 2.75) is 6.92 Å². The molecule has 1 aromatic carbocycles. The second-order valence-corrected chi connectivity index (χ2v) is 6.06. The summed E-state index contributed by atoms with van der Waals surface area (Å²) in [5.41, 5.74) is 8.72. The molecule has 0 saturated carbocycles. The number of hydrogen-bond acceptors (Lipinski definition) is 5. The van der Waals surface area contributed by atoms with E-state index in [-0.39, 0.29) is 12.4 Å². The van der Waals surface area contributed by atoms with Crippen molar-refractivity contribution >= 4 is 22.3 Å². The number of ether oxygens (including phenoxy) is 1. The molecule has 0 unspecified atom stereocenters. The van der Waals surface area contributed by atoms with Crippen LogP contribution < -0.4 is 5.73 Å². The Hall–Kier alpha value is -2.73. The van der Waals surface area contributed by atoms with Gasteiger partial charge in [0.15, 0.2) is 0 Å². The van der Waals surface area contributed by atoms with Gasteiger partial charge < -0.3 is 10.5 Å². The third kappa shape index (κ3) is 3.00. The number of esters is 1. The van der Waals surface area contributed by atoms with Gasteiger partial charge in [0, 0.05) is 22.8 Å².